The van der Waals surface area contributed by atoms with E-state index in [1.807, 2.05) is 37.3 Å². The van der Waals surface area contributed by atoms with Gasteiger partial charge in [-0.25, -0.2) is 8.42 Å². The highest BCUT2D eigenvalue weighted by molar-refractivity contribution is 7.95. The van der Waals surface area contributed by atoms with Crippen molar-refractivity contribution in [2.24, 2.45) is 0 Å². The zero-order valence-corrected chi connectivity index (χ0v) is 13.2. The highest BCUT2D eigenvalue weighted by Crippen LogP contribution is 2.40. The molecule has 0 spiro atoms. The fraction of sp³-hybridized carbons (Fsp3) is 0.529. The summed E-state index contributed by atoms with van der Waals surface area (Å²) in [5, 5.41) is -0.357. The summed E-state index contributed by atoms with van der Waals surface area (Å²) >= 11 is 0. The fourth-order valence-electron chi connectivity index (χ4n) is 2.88. The topological polar surface area (TPSA) is 34.1 Å². The van der Waals surface area contributed by atoms with Gasteiger partial charge in [-0.2, -0.15) is 0 Å². The summed E-state index contributed by atoms with van der Waals surface area (Å²) in [6.45, 7) is 4.16. The quantitative estimate of drug-likeness (QED) is 0.712. The van der Waals surface area contributed by atoms with Gasteiger partial charge in [0.1, 0.15) is 0 Å². The average Bonchev–Trinajstić information content (AvgIpc) is 2.71. The first-order valence-corrected chi connectivity index (χ1v) is 9.10. The highest BCUT2D eigenvalue weighted by Gasteiger charge is 2.35. The molecule has 1 aromatic rings. The molecular formula is C17H24O2S. The molecule has 20 heavy (non-hydrogen) atoms. The van der Waals surface area contributed by atoms with Gasteiger partial charge in [-0.3, -0.25) is 0 Å². The second-order valence-electron chi connectivity index (χ2n) is 5.61. The Labute approximate surface area is 122 Å². The molecule has 1 aliphatic heterocycles. The van der Waals surface area contributed by atoms with Gasteiger partial charge in [-0.05, 0) is 37.3 Å². The third kappa shape index (κ3) is 3.14. The zero-order valence-electron chi connectivity index (χ0n) is 12.4. The molecule has 0 amide bonds. The Kier molecular flexibility index (Phi) is 5.03. The van der Waals surface area contributed by atoms with Gasteiger partial charge in [-0.15, -0.1) is 0 Å². The van der Waals surface area contributed by atoms with Crippen LogP contribution in [-0.2, 0) is 9.84 Å². The number of benzene rings is 1. The van der Waals surface area contributed by atoms with E-state index in [0.29, 0.717) is 17.7 Å². The zero-order chi connectivity index (χ0) is 14.6. The lowest BCUT2D eigenvalue weighted by molar-refractivity contribution is 0.589. The van der Waals surface area contributed by atoms with Crippen molar-refractivity contribution in [3.63, 3.8) is 0 Å². The average molecular weight is 292 g/mol. The standard InChI is InChI=1S/C17H24O2S/c1-3-4-5-6-10-15-12-13-17(20(15,18)19)16-11-8-7-9-14(16)2/h7-9,11-12,17H,3-6,10,13H2,1-2H3. The molecule has 0 fully saturated rings. The molecule has 2 rings (SSSR count). The van der Waals surface area contributed by atoms with Gasteiger partial charge in [0.2, 0.25) is 0 Å². The van der Waals surface area contributed by atoms with Gasteiger partial charge in [0.25, 0.3) is 0 Å². The van der Waals surface area contributed by atoms with Crippen molar-refractivity contribution in [1.82, 2.24) is 0 Å². The van der Waals surface area contributed by atoms with E-state index in [1.54, 1.807) is 0 Å². The Morgan fingerprint density at radius 1 is 1.15 bits per heavy atom. The first kappa shape index (κ1) is 15.3. The lowest BCUT2D eigenvalue weighted by Gasteiger charge is -2.14. The monoisotopic (exact) mass is 292 g/mol. The molecule has 0 aliphatic carbocycles. The van der Waals surface area contributed by atoms with Gasteiger partial charge in [0, 0.05) is 4.91 Å². The Balaban J connectivity index is 2.09. The maximum atomic E-state index is 12.6. The molecule has 1 aromatic carbocycles. The molecule has 3 heteroatoms. The minimum Gasteiger partial charge on any atom is -0.223 e. The third-order valence-corrected chi connectivity index (χ3v) is 6.41. The molecule has 110 valence electrons. The molecule has 0 saturated carbocycles. The SMILES string of the molecule is CCCCCCC1=CCC(c2ccccc2C)S1(=O)=O. The Bertz CT molecular complexity index is 585. The summed E-state index contributed by atoms with van der Waals surface area (Å²) in [5.41, 5.74) is 2.04. The van der Waals surface area contributed by atoms with Gasteiger partial charge in [-0.1, -0.05) is 56.5 Å². The van der Waals surface area contributed by atoms with Crippen molar-refractivity contribution in [1.29, 1.82) is 0 Å². The van der Waals surface area contributed by atoms with Crippen molar-refractivity contribution in [3.05, 3.63) is 46.4 Å². The van der Waals surface area contributed by atoms with Crippen molar-refractivity contribution in [2.45, 2.75) is 57.6 Å². The largest absolute Gasteiger partial charge is 0.223 e. The van der Waals surface area contributed by atoms with Crippen molar-refractivity contribution in [2.75, 3.05) is 0 Å². The second kappa shape index (κ2) is 6.57. The van der Waals surface area contributed by atoms with E-state index in [1.165, 1.54) is 12.8 Å². The number of aryl methyl sites for hydroxylation is 1. The second-order valence-corrected chi connectivity index (χ2v) is 7.79. The van der Waals surface area contributed by atoms with Crippen molar-refractivity contribution >= 4 is 9.84 Å². The van der Waals surface area contributed by atoms with Gasteiger partial charge >= 0.3 is 0 Å². The Morgan fingerprint density at radius 2 is 1.90 bits per heavy atom. The third-order valence-electron chi connectivity index (χ3n) is 4.11. The molecule has 0 radical (unpaired) electrons. The fourth-order valence-corrected chi connectivity index (χ4v) is 4.95. The minimum atomic E-state index is -3.13. The van der Waals surface area contributed by atoms with Gasteiger partial charge < -0.3 is 0 Å². The normalized spacial score (nSPS) is 20.9. The summed E-state index contributed by atoms with van der Waals surface area (Å²) in [5.74, 6) is 0. The predicted molar refractivity (Wildman–Crippen MR) is 84.3 cm³/mol. The van der Waals surface area contributed by atoms with Crippen LogP contribution in [0.25, 0.3) is 0 Å². The lowest BCUT2D eigenvalue weighted by Crippen LogP contribution is -2.10. The van der Waals surface area contributed by atoms with Gasteiger partial charge in [0.05, 0.1) is 5.25 Å². The van der Waals surface area contributed by atoms with E-state index in [0.717, 1.165) is 24.0 Å². The van der Waals surface area contributed by atoms with Crippen LogP contribution in [0.5, 0.6) is 0 Å². The molecule has 1 unspecified atom stereocenters. The molecular weight excluding hydrogens is 268 g/mol. The summed E-state index contributed by atoms with van der Waals surface area (Å²) in [6.07, 6.45) is 7.77. The first-order chi connectivity index (χ1) is 9.57. The van der Waals surface area contributed by atoms with Crippen LogP contribution in [0.3, 0.4) is 0 Å². The summed E-state index contributed by atoms with van der Waals surface area (Å²) in [7, 11) is -3.13. The van der Waals surface area contributed by atoms with E-state index in [9.17, 15) is 8.42 Å². The van der Waals surface area contributed by atoms with E-state index in [-0.39, 0.29) is 5.25 Å². The van der Waals surface area contributed by atoms with Crippen LogP contribution in [0.4, 0.5) is 0 Å². The summed E-state index contributed by atoms with van der Waals surface area (Å²) < 4.78 is 25.3. The van der Waals surface area contributed by atoms with Crippen LogP contribution in [-0.4, -0.2) is 8.42 Å². The van der Waals surface area contributed by atoms with Gasteiger partial charge in [0.15, 0.2) is 9.84 Å². The number of unbranched alkanes of at least 4 members (excludes halogenated alkanes) is 3. The maximum Gasteiger partial charge on any atom is 0.181 e. The van der Waals surface area contributed by atoms with Crippen LogP contribution in [0, 0.1) is 6.92 Å². The highest BCUT2D eigenvalue weighted by atomic mass is 32.2. The van der Waals surface area contributed by atoms with E-state index in [2.05, 4.69) is 6.92 Å². The summed E-state index contributed by atoms with van der Waals surface area (Å²) in [6, 6.07) is 7.83. The smallest absolute Gasteiger partial charge is 0.181 e. The summed E-state index contributed by atoms with van der Waals surface area (Å²) in [4.78, 5) is 0.668. The Hall–Kier alpha value is -1.09. The lowest BCUT2D eigenvalue weighted by atomic mass is 10.0. The number of sulfone groups is 1. The van der Waals surface area contributed by atoms with Crippen LogP contribution >= 0.6 is 0 Å². The number of hydrogen-bond donors (Lipinski definition) is 0. The molecule has 0 aromatic heterocycles. The number of rotatable bonds is 6. The molecule has 1 aliphatic rings. The molecule has 0 bridgehead atoms. The molecule has 1 atom stereocenters. The Morgan fingerprint density at radius 3 is 2.60 bits per heavy atom. The van der Waals surface area contributed by atoms with Crippen LogP contribution in [0.2, 0.25) is 0 Å². The predicted octanol–water partition coefficient (Wildman–Crippen LogP) is 4.71. The molecule has 0 saturated heterocycles. The van der Waals surface area contributed by atoms with Crippen molar-refractivity contribution in [3.8, 4) is 0 Å². The minimum absolute atomic E-state index is 0.357. The first-order valence-electron chi connectivity index (χ1n) is 7.56. The molecule has 1 heterocycles. The van der Waals surface area contributed by atoms with Crippen LogP contribution in [0.15, 0.2) is 35.2 Å². The molecule has 2 nitrogen and oxygen atoms in total. The van der Waals surface area contributed by atoms with E-state index >= 15 is 0 Å². The maximum absolute atomic E-state index is 12.6. The number of hydrogen-bond acceptors (Lipinski definition) is 2. The van der Waals surface area contributed by atoms with Crippen LogP contribution < -0.4 is 0 Å². The van der Waals surface area contributed by atoms with Crippen LogP contribution in [0.1, 0.15) is 61.8 Å². The van der Waals surface area contributed by atoms with E-state index in [4.69, 9.17) is 0 Å². The molecule has 0 N–H and O–H groups in total. The van der Waals surface area contributed by atoms with Crippen molar-refractivity contribution < 1.29 is 8.42 Å². The van der Waals surface area contributed by atoms with E-state index < -0.39 is 9.84 Å². The number of allylic oxidation sites excluding steroid dienone is 2.